The van der Waals surface area contributed by atoms with E-state index in [-0.39, 0.29) is 6.61 Å². The predicted octanol–water partition coefficient (Wildman–Crippen LogP) is 2.33. The standard InChI is InChI=1S/C13H15N3O/c1-9-6-10(2)15-13(14-9)16-12-5-3-4-11(7-12)8-17/h3-7,17H,8H2,1-2H3,(H,14,15,16). The summed E-state index contributed by atoms with van der Waals surface area (Å²) >= 11 is 0. The molecular weight excluding hydrogens is 214 g/mol. The molecule has 2 aromatic rings. The van der Waals surface area contributed by atoms with E-state index in [0.717, 1.165) is 22.6 Å². The lowest BCUT2D eigenvalue weighted by atomic mass is 10.2. The third-order valence-electron chi connectivity index (χ3n) is 2.35. The Morgan fingerprint density at radius 2 is 1.82 bits per heavy atom. The number of nitrogens with one attached hydrogen (secondary N) is 1. The van der Waals surface area contributed by atoms with Gasteiger partial charge in [0.05, 0.1) is 6.61 Å². The summed E-state index contributed by atoms with van der Waals surface area (Å²) in [7, 11) is 0. The highest BCUT2D eigenvalue weighted by Gasteiger charge is 2.00. The third-order valence-corrected chi connectivity index (χ3v) is 2.35. The summed E-state index contributed by atoms with van der Waals surface area (Å²) in [4.78, 5) is 8.60. The Balaban J connectivity index is 2.24. The Morgan fingerprint density at radius 3 is 2.47 bits per heavy atom. The molecule has 0 amide bonds. The van der Waals surface area contributed by atoms with Crippen molar-refractivity contribution >= 4 is 11.6 Å². The summed E-state index contributed by atoms with van der Waals surface area (Å²) in [5, 5.41) is 12.2. The SMILES string of the molecule is Cc1cc(C)nc(Nc2cccc(CO)c2)n1. The number of aliphatic hydroxyl groups is 1. The van der Waals surface area contributed by atoms with Gasteiger partial charge in [0.1, 0.15) is 0 Å². The fourth-order valence-electron chi connectivity index (χ4n) is 1.66. The normalized spacial score (nSPS) is 10.3. The number of rotatable bonds is 3. The zero-order valence-corrected chi connectivity index (χ0v) is 9.94. The molecule has 2 rings (SSSR count). The summed E-state index contributed by atoms with van der Waals surface area (Å²) in [6.07, 6.45) is 0. The van der Waals surface area contributed by atoms with Crippen LogP contribution in [-0.2, 0) is 6.61 Å². The number of hydrogen-bond donors (Lipinski definition) is 2. The molecule has 88 valence electrons. The minimum atomic E-state index is 0.0310. The first-order valence-electron chi connectivity index (χ1n) is 5.46. The maximum Gasteiger partial charge on any atom is 0.227 e. The van der Waals surface area contributed by atoms with E-state index in [2.05, 4.69) is 15.3 Å². The maximum absolute atomic E-state index is 9.06. The molecule has 1 heterocycles. The molecule has 4 heteroatoms. The van der Waals surface area contributed by atoms with Crippen LogP contribution in [0.3, 0.4) is 0 Å². The van der Waals surface area contributed by atoms with E-state index in [4.69, 9.17) is 5.11 Å². The molecule has 0 fully saturated rings. The summed E-state index contributed by atoms with van der Waals surface area (Å²) in [5.74, 6) is 0.581. The van der Waals surface area contributed by atoms with Crippen molar-refractivity contribution in [1.82, 2.24) is 9.97 Å². The van der Waals surface area contributed by atoms with Crippen molar-refractivity contribution in [3.05, 3.63) is 47.3 Å². The maximum atomic E-state index is 9.06. The van der Waals surface area contributed by atoms with Gasteiger partial charge < -0.3 is 10.4 Å². The lowest BCUT2D eigenvalue weighted by Crippen LogP contribution is -2.00. The van der Waals surface area contributed by atoms with Gasteiger partial charge >= 0.3 is 0 Å². The van der Waals surface area contributed by atoms with E-state index in [0.29, 0.717) is 5.95 Å². The van der Waals surface area contributed by atoms with Crippen molar-refractivity contribution in [2.45, 2.75) is 20.5 Å². The molecule has 4 nitrogen and oxygen atoms in total. The molecule has 0 atom stereocenters. The quantitative estimate of drug-likeness (QED) is 0.848. The van der Waals surface area contributed by atoms with Crippen LogP contribution in [0.1, 0.15) is 17.0 Å². The van der Waals surface area contributed by atoms with E-state index in [1.807, 2.05) is 44.2 Å². The second kappa shape index (κ2) is 4.93. The summed E-state index contributed by atoms with van der Waals surface area (Å²) in [6.45, 7) is 3.90. The van der Waals surface area contributed by atoms with Gasteiger partial charge in [-0.1, -0.05) is 12.1 Å². The summed E-state index contributed by atoms with van der Waals surface area (Å²) in [6, 6.07) is 9.47. The third kappa shape index (κ3) is 3.01. The van der Waals surface area contributed by atoms with Crippen molar-refractivity contribution in [3.8, 4) is 0 Å². The fourth-order valence-corrected chi connectivity index (χ4v) is 1.66. The smallest absolute Gasteiger partial charge is 0.227 e. The number of aryl methyl sites for hydroxylation is 2. The number of nitrogens with zero attached hydrogens (tertiary/aromatic N) is 2. The molecule has 0 aliphatic heterocycles. The summed E-state index contributed by atoms with van der Waals surface area (Å²) in [5.41, 5.74) is 3.59. The molecule has 1 aromatic carbocycles. The lowest BCUT2D eigenvalue weighted by molar-refractivity contribution is 0.282. The number of aromatic nitrogens is 2. The molecule has 0 saturated carbocycles. The molecule has 17 heavy (non-hydrogen) atoms. The lowest BCUT2D eigenvalue weighted by Gasteiger charge is -2.07. The van der Waals surface area contributed by atoms with E-state index in [1.165, 1.54) is 0 Å². The Kier molecular flexibility index (Phi) is 3.35. The van der Waals surface area contributed by atoms with Gasteiger partial charge in [0.2, 0.25) is 5.95 Å². The van der Waals surface area contributed by atoms with Gasteiger partial charge in [-0.3, -0.25) is 0 Å². The molecular formula is C13H15N3O. The number of hydrogen-bond acceptors (Lipinski definition) is 4. The van der Waals surface area contributed by atoms with Gasteiger partial charge in [0.15, 0.2) is 0 Å². The van der Waals surface area contributed by atoms with Crippen LogP contribution >= 0.6 is 0 Å². The molecule has 1 aromatic heterocycles. The average molecular weight is 229 g/mol. The van der Waals surface area contributed by atoms with E-state index in [9.17, 15) is 0 Å². The van der Waals surface area contributed by atoms with Crippen LogP contribution in [-0.4, -0.2) is 15.1 Å². The highest BCUT2D eigenvalue weighted by molar-refractivity contribution is 5.54. The topological polar surface area (TPSA) is 58.0 Å². The molecule has 0 saturated heterocycles. The first kappa shape index (κ1) is 11.5. The number of anilines is 2. The first-order valence-corrected chi connectivity index (χ1v) is 5.46. The summed E-state index contributed by atoms with van der Waals surface area (Å²) < 4.78 is 0. The van der Waals surface area contributed by atoms with Crippen molar-refractivity contribution < 1.29 is 5.11 Å². The molecule has 0 spiro atoms. The van der Waals surface area contributed by atoms with Crippen molar-refractivity contribution in [2.24, 2.45) is 0 Å². The van der Waals surface area contributed by atoms with Gasteiger partial charge in [-0.2, -0.15) is 0 Å². The Morgan fingerprint density at radius 1 is 1.12 bits per heavy atom. The molecule has 0 aliphatic rings. The van der Waals surface area contributed by atoms with E-state index < -0.39 is 0 Å². The predicted molar refractivity (Wildman–Crippen MR) is 67.2 cm³/mol. The Labute approximate surface area is 100 Å². The van der Waals surface area contributed by atoms with Crippen molar-refractivity contribution in [2.75, 3.05) is 5.32 Å². The monoisotopic (exact) mass is 229 g/mol. The Hall–Kier alpha value is -1.94. The molecule has 0 unspecified atom stereocenters. The fraction of sp³-hybridized carbons (Fsp3) is 0.231. The van der Waals surface area contributed by atoms with Crippen molar-refractivity contribution in [1.29, 1.82) is 0 Å². The van der Waals surface area contributed by atoms with Crippen LogP contribution in [0.2, 0.25) is 0 Å². The van der Waals surface area contributed by atoms with Crippen LogP contribution in [0, 0.1) is 13.8 Å². The molecule has 0 radical (unpaired) electrons. The van der Waals surface area contributed by atoms with Gasteiger partial charge in [-0.05, 0) is 37.6 Å². The van der Waals surface area contributed by atoms with Gasteiger partial charge in [-0.15, -0.1) is 0 Å². The highest BCUT2D eigenvalue weighted by atomic mass is 16.3. The first-order chi connectivity index (χ1) is 8.17. The second-order valence-corrected chi connectivity index (χ2v) is 3.96. The molecule has 0 aliphatic carbocycles. The second-order valence-electron chi connectivity index (χ2n) is 3.96. The van der Waals surface area contributed by atoms with Gasteiger partial charge in [0.25, 0.3) is 0 Å². The Bertz CT molecular complexity index is 506. The zero-order valence-electron chi connectivity index (χ0n) is 9.94. The van der Waals surface area contributed by atoms with Crippen LogP contribution < -0.4 is 5.32 Å². The number of benzene rings is 1. The molecule has 0 bridgehead atoms. The zero-order chi connectivity index (χ0) is 12.3. The van der Waals surface area contributed by atoms with Crippen LogP contribution in [0.25, 0.3) is 0 Å². The molecule has 2 N–H and O–H groups in total. The number of aliphatic hydroxyl groups excluding tert-OH is 1. The minimum absolute atomic E-state index is 0.0310. The largest absolute Gasteiger partial charge is 0.392 e. The van der Waals surface area contributed by atoms with Crippen LogP contribution in [0.15, 0.2) is 30.3 Å². The van der Waals surface area contributed by atoms with Crippen molar-refractivity contribution in [3.63, 3.8) is 0 Å². The van der Waals surface area contributed by atoms with Crippen LogP contribution in [0.4, 0.5) is 11.6 Å². The van der Waals surface area contributed by atoms with Crippen LogP contribution in [0.5, 0.6) is 0 Å². The van der Waals surface area contributed by atoms with Gasteiger partial charge in [0, 0.05) is 17.1 Å². The highest BCUT2D eigenvalue weighted by Crippen LogP contribution is 2.15. The van der Waals surface area contributed by atoms with E-state index >= 15 is 0 Å². The van der Waals surface area contributed by atoms with E-state index in [1.54, 1.807) is 0 Å². The minimum Gasteiger partial charge on any atom is -0.392 e. The average Bonchev–Trinajstić information content (AvgIpc) is 2.28. The van der Waals surface area contributed by atoms with Gasteiger partial charge in [-0.25, -0.2) is 9.97 Å².